The molecule has 0 amide bonds. The van der Waals surface area contributed by atoms with Gasteiger partial charge in [-0.25, -0.2) is 4.98 Å². The summed E-state index contributed by atoms with van der Waals surface area (Å²) in [6.45, 7) is 4.95. The number of aryl methyl sites for hydroxylation is 2. The minimum absolute atomic E-state index is 0.180. The number of nitrogens with two attached hydrogens (primary N) is 1. The van der Waals surface area contributed by atoms with Gasteiger partial charge in [-0.05, 0) is 42.5 Å². The fourth-order valence-electron chi connectivity index (χ4n) is 2.90. The van der Waals surface area contributed by atoms with Gasteiger partial charge in [-0.2, -0.15) is 0 Å². The number of fused-ring (bicyclic) bond motifs is 1. The van der Waals surface area contributed by atoms with E-state index in [-0.39, 0.29) is 6.04 Å². The zero-order valence-electron chi connectivity index (χ0n) is 12.5. The van der Waals surface area contributed by atoms with Crippen LogP contribution in [-0.4, -0.2) is 16.1 Å². The molecule has 110 valence electrons. The van der Waals surface area contributed by atoms with E-state index in [1.807, 2.05) is 6.07 Å². The van der Waals surface area contributed by atoms with Crippen LogP contribution in [0, 0.1) is 6.92 Å². The highest BCUT2D eigenvalue weighted by atomic mass is 32.1. The highest BCUT2D eigenvalue weighted by Gasteiger charge is 2.21. The predicted octanol–water partition coefficient (Wildman–Crippen LogP) is 3.91. The van der Waals surface area contributed by atoms with Crippen molar-refractivity contribution in [3.05, 3.63) is 52.0 Å². The summed E-state index contributed by atoms with van der Waals surface area (Å²) in [4.78, 5) is 6.17. The van der Waals surface area contributed by atoms with E-state index in [0.29, 0.717) is 6.54 Å². The summed E-state index contributed by atoms with van der Waals surface area (Å²) in [5, 5.41) is 2.14. The Bertz CT molecular complexity index is 741. The number of para-hydroxylation sites is 2. The van der Waals surface area contributed by atoms with Gasteiger partial charge in [0, 0.05) is 17.8 Å². The molecule has 0 spiro atoms. The van der Waals surface area contributed by atoms with Crippen molar-refractivity contribution in [1.82, 2.24) is 9.55 Å². The molecule has 0 aliphatic heterocycles. The average Bonchev–Trinajstić information content (AvgIpc) is 3.06. The third-order valence-electron chi connectivity index (χ3n) is 3.88. The molecule has 0 aliphatic rings. The molecule has 3 rings (SSSR count). The number of rotatable bonds is 5. The number of hydrogen-bond donors (Lipinski definition) is 1. The van der Waals surface area contributed by atoms with Crippen LogP contribution in [0.15, 0.2) is 35.7 Å². The molecule has 2 N–H and O–H groups in total. The summed E-state index contributed by atoms with van der Waals surface area (Å²) in [6.07, 6.45) is 2.07. The van der Waals surface area contributed by atoms with Crippen molar-refractivity contribution in [2.24, 2.45) is 5.73 Å². The average molecular weight is 299 g/mol. The second kappa shape index (κ2) is 6.00. The van der Waals surface area contributed by atoms with Gasteiger partial charge in [-0.15, -0.1) is 11.3 Å². The normalized spacial score (nSPS) is 12.9. The van der Waals surface area contributed by atoms with Crippen LogP contribution in [-0.2, 0) is 6.42 Å². The predicted molar refractivity (Wildman–Crippen MR) is 90.0 cm³/mol. The maximum Gasteiger partial charge on any atom is 0.110 e. The number of benzene rings is 1. The number of nitrogens with zero attached hydrogens (tertiary/aromatic N) is 2. The molecular weight excluding hydrogens is 278 g/mol. The van der Waals surface area contributed by atoms with Gasteiger partial charge in [0.2, 0.25) is 0 Å². The Kier molecular flexibility index (Phi) is 4.08. The Labute approximate surface area is 129 Å². The smallest absolute Gasteiger partial charge is 0.110 e. The van der Waals surface area contributed by atoms with Crippen LogP contribution in [0.5, 0.6) is 0 Å². The van der Waals surface area contributed by atoms with Crippen LogP contribution in [0.3, 0.4) is 0 Å². The SMILES string of the molecule is CCCc1nc2ccccc2n1C(CN)c1sccc1C. The molecule has 0 saturated carbocycles. The number of imidazole rings is 1. The van der Waals surface area contributed by atoms with Crippen molar-refractivity contribution in [3.63, 3.8) is 0 Å². The minimum atomic E-state index is 0.180. The Morgan fingerprint density at radius 2 is 2.10 bits per heavy atom. The Hall–Kier alpha value is -1.65. The first kappa shape index (κ1) is 14.3. The van der Waals surface area contributed by atoms with E-state index in [0.717, 1.165) is 24.2 Å². The maximum atomic E-state index is 6.14. The molecule has 0 saturated heterocycles. The van der Waals surface area contributed by atoms with Crippen LogP contribution < -0.4 is 5.73 Å². The van der Waals surface area contributed by atoms with Crippen molar-refractivity contribution in [3.8, 4) is 0 Å². The van der Waals surface area contributed by atoms with E-state index in [1.165, 1.54) is 16.0 Å². The van der Waals surface area contributed by atoms with Gasteiger partial charge >= 0.3 is 0 Å². The molecule has 4 heteroatoms. The van der Waals surface area contributed by atoms with Crippen molar-refractivity contribution < 1.29 is 0 Å². The Morgan fingerprint density at radius 3 is 2.76 bits per heavy atom. The first-order valence-corrected chi connectivity index (χ1v) is 8.34. The van der Waals surface area contributed by atoms with Gasteiger partial charge in [0.1, 0.15) is 5.82 Å². The van der Waals surface area contributed by atoms with Crippen molar-refractivity contribution in [2.45, 2.75) is 32.7 Å². The standard InChI is InChI=1S/C17H21N3S/c1-3-6-16-19-13-7-4-5-8-14(13)20(16)15(11-18)17-12(2)9-10-21-17/h4-5,7-10,15H,3,6,11,18H2,1-2H3. The summed E-state index contributed by atoms with van der Waals surface area (Å²) in [5.41, 5.74) is 9.70. The van der Waals surface area contributed by atoms with E-state index in [4.69, 9.17) is 10.7 Å². The van der Waals surface area contributed by atoms with Crippen molar-refractivity contribution >= 4 is 22.4 Å². The molecule has 0 bridgehead atoms. The molecule has 0 fully saturated rings. The van der Waals surface area contributed by atoms with E-state index in [9.17, 15) is 0 Å². The molecule has 1 unspecified atom stereocenters. The summed E-state index contributed by atoms with van der Waals surface area (Å²) in [5.74, 6) is 1.14. The van der Waals surface area contributed by atoms with Crippen molar-refractivity contribution in [1.29, 1.82) is 0 Å². The van der Waals surface area contributed by atoms with Crippen LogP contribution in [0.1, 0.15) is 35.7 Å². The lowest BCUT2D eigenvalue weighted by atomic mass is 10.1. The van der Waals surface area contributed by atoms with Gasteiger partial charge in [0.05, 0.1) is 17.1 Å². The molecule has 3 nitrogen and oxygen atoms in total. The summed E-state index contributed by atoms with van der Waals surface area (Å²) in [6, 6.07) is 10.7. The van der Waals surface area contributed by atoms with E-state index in [1.54, 1.807) is 11.3 Å². The van der Waals surface area contributed by atoms with E-state index in [2.05, 4.69) is 48.1 Å². The molecule has 0 radical (unpaired) electrons. The monoisotopic (exact) mass is 299 g/mol. The van der Waals surface area contributed by atoms with Gasteiger partial charge < -0.3 is 10.3 Å². The largest absolute Gasteiger partial charge is 0.328 e. The first-order chi connectivity index (χ1) is 10.3. The maximum absolute atomic E-state index is 6.14. The molecule has 2 heterocycles. The van der Waals surface area contributed by atoms with Crippen LogP contribution in [0.4, 0.5) is 0 Å². The number of thiophene rings is 1. The highest BCUT2D eigenvalue weighted by molar-refractivity contribution is 7.10. The third-order valence-corrected chi connectivity index (χ3v) is 5.00. The van der Waals surface area contributed by atoms with Crippen molar-refractivity contribution in [2.75, 3.05) is 6.54 Å². The molecule has 2 aromatic heterocycles. The molecule has 1 atom stereocenters. The zero-order valence-corrected chi connectivity index (χ0v) is 13.4. The topological polar surface area (TPSA) is 43.8 Å². The second-order valence-corrected chi connectivity index (χ2v) is 6.30. The zero-order chi connectivity index (χ0) is 14.8. The highest BCUT2D eigenvalue weighted by Crippen LogP contribution is 2.31. The molecule has 0 aliphatic carbocycles. The Morgan fingerprint density at radius 1 is 1.29 bits per heavy atom. The van der Waals surface area contributed by atoms with Gasteiger partial charge in [-0.3, -0.25) is 0 Å². The lowest BCUT2D eigenvalue weighted by Crippen LogP contribution is -2.22. The van der Waals surface area contributed by atoms with Gasteiger partial charge in [0.25, 0.3) is 0 Å². The molecule has 1 aromatic carbocycles. The van der Waals surface area contributed by atoms with E-state index < -0.39 is 0 Å². The lowest BCUT2D eigenvalue weighted by Gasteiger charge is -2.20. The van der Waals surface area contributed by atoms with Gasteiger partial charge in [-0.1, -0.05) is 19.1 Å². The van der Waals surface area contributed by atoms with E-state index >= 15 is 0 Å². The summed E-state index contributed by atoms with van der Waals surface area (Å²) >= 11 is 1.79. The lowest BCUT2D eigenvalue weighted by molar-refractivity contribution is 0.582. The van der Waals surface area contributed by atoms with Gasteiger partial charge in [0.15, 0.2) is 0 Å². The van der Waals surface area contributed by atoms with Crippen LogP contribution >= 0.6 is 11.3 Å². The number of aromatic nitrogens is 2. The second-order valence-electron chi connectivity index (χ2n) is 5.36. The number of hydrogen-bond acceptors (Lipinski definition) is 3. The van der Waals surface area contributed by atoms with Crippen LogP contribution in [0.2, 0.25) is 0 Å². The minimum Gasteiger partial charge on any atom is -0.328 e. The summed E-state index contributed by atoms with van der Waals surface area (Å²) in [7, 11) is 0. The fraction of sp³-hybridized carbons (Fsp3) is 0.353. The fourth-order valence-corrected chi connectivity index (χ4v) is 3.93. The molecule has 3 aromatic rings. The van der Waals surface area contributed by atoms with Crippen LogP contribution in [0.25, 0.3) is 11.0 Å². The first-order valence-electron chi connectivity index (χ1n) is 7.46. The summed E-state index contributed by atoms with van der Waals surface area (Å²) < 4.78 is 2.34. The molecular formula is C17H21N3S. The molecule has 21 heavy (non-hydrogen) atoms. The quantitative estimate of drug-likeness (QED) is 0.776. The third kappa shape index (κ3) is 2.49. The Balaban J connectivity index is 2.21.